The van der Waals surface area contributed by atoms with Crippen molar-refractivity contribution in [3.05, 3.63) is 0 Å². The van der Waals surface area contributed by atoms with E-state index in [9.17, 15) is 4.79 Å². The molecular weight excluding hydrogens is 84.0 g/mol. The molecule has 0 fully saturated rings. The first-order valence-corrected chi connectivity index (χ1v) is 1.23. The van der Waals surface area contributed by atoms with Crippen LogP contribution in [0.25, 0.3) is 0 Å². The van der Waals surface area contributed by atoms with E-state index in [2.05, 4.69) is 0 Å². The fraction of sp³-hybridized carbons (Fsp3) is 0. The molecule has 2 N–H and O–H groups in total. The molecule has 0 rings (SSSR count). The van der Waals surface area contributed by atoms with Gasteiger partial charge in [-0.3, -0.25) is 20.4 Å². The Hall–Kier alpha value is -1.06. The van der Waals surface area contributed by atoms with E-state index in [0.717, 1.165) is 0 Å². The Morgan fingerprint density at radius 3 is 2.50 bits per heavy atom. The van der Waals surface area contributed by atoms with Crippen molar-refractivity contribution < 1.29 is 9.59 Å². The number of rotatable bonds is 3. The van der Waals surface area contributed by atoms with Gasteiger partial charge in [0.2, 0.25) is 6.41 Å². The highest BCUT2D eigenvalue weighted by atomic mass is 16.2. The predicted molar refractivity (Wildman–Crippen MR) is 18.0 cm³/mol. The van der Waals surface area contributed by atoms with Crippen LogP contribution >= 0.6 is 0 Å². The smallest absolute Gasteiger partial charge is 0.277 e. The second-order valence-corrected chi connectivity index (χ2v) is 0.489. The largest absolute Gasteiger partial charge is 0.329 e. The van der Waals surface area contributed by atoms with E-state index < -0.39 is 0 Å². The molecule has 0 aromatic carbocycles. The Bertz CT molecular complexity index is 45.5. The Labute approximate surface area is 34.5 Å². The van der Waals surface area contributed by atoms with Crippen molar-refractivity contribution in [1.29, 1.82) is 0 Å². The summed E-state index contributed by atoms with van der Waals surface area (Å²) in [7, 11) is 0. The molecule has 0 bridgehead atoms. The summed E-state index contributed by atoms with van der Waals surface area (Å²) >= 11 is 0. The molecule has 2 amide bonds. The lowest BCUT2D eigenvalue weighted by atomic mass is 11.3. The summed E-state index contributed by atoms with van der Waals surface area (Å²) < 4.78 is 0. The topological polar surface area (TPSA) is 58.2 Å². The lowest BCUT2D eigenvalue weighted by Gasteiger charge is -1.83. The van der Waals surface area contributed by atoms with Crippen molar-refractivity contribution in [2.45, 2.75) is 0 Å². The van der Waals surface area contributed by atoms with E-state index in [4.69, 9.17) is 4.79 Å². The standard InChI is InChI=1S/C2H3N2O2/c5-1-3-4-2-6/h1H,(H,3,5)(H,4,6). The molecule has 0 aliphatic carbocycles. The van der Waals surface area contributed by atoms with Crippen molar-refractivity contribution in [3.8, 4) is 0 Å². The lowest BCUT2D eigenvalue weighted by molar-refractivity contribution is -0.110. The van der Waals surface area contributed by atoms with Crippen LogP contribution in [0.1, 0.15) is 0 Å². The Kier molecular flexibility index (Phi) is 3.24. The SMILES string of the molecule is O=[C]NNC=O. The average Bonchev–Trinajstić information content (AvgIpc) is 1.61. The molecule has 0 aromatic heterocycles. The van der Waals surface area contributed by atoms with Crippen molar-refractivity contribution in [2.75, 3.05) is 0 Å². The maximum Gasteiger partial charge on any atom is 0.329 e. The van der Waals surface area contributed by atoms with Crippen LogP contribution in [-0.2, 0) is 9.59 Å². The molecule has 4 heteroatoms. The Morgan fingerprint density at radius 1 is 1.67 bits per heavy atom. The number of carbonyl (C=O) groups excluding carboxylic acids is 2. The fourth-order valence-electron chi connectivity index (χ4n) is 0.0589. The van der Waals surface area contributed by atoms with E-state index in [1.165, 1.54) is 6.41 Å². The zero-order valence-electron chi connectivity index (χ0n) is 2.89. The molecule has 33 valence electrons. The monoisotopic (exact) mass is 87.0 g/mol. The van der Waals surface area contributed by atoms with Gasteiger partial charge in [-0.05, 0) is 0 Å². The summed E-state index contributed by atoms with van der Waals surface area (Å²) in [5.74, 6) is 0. The molecule has 4 nitrogen and oxygen atoms in total. The van der Waals surface area contributed by atoms with Gasteiger partial charge in [0, 0.05) is 0 Å². The van der Waals surface area contributed by atoms with Gasteiger partial charge in [0.25, 0.3) is 0 Å². The average molecular weight is 87.1 g/mol. The van der Waals surface area contributed by atoms with Crippen LogP contribution in [0.5, 0.6) is 0 Å². The molecule has 0 saturated carbocycles. The second kappa shape index (κ2) is 3.94. The van der Waals surface area contributed by atoms with Crippen LogP contribution in [0, 0.1) is 0 Å². The number of carbonyl (C=O) groups is 1. The zero-order chi connectivity index (χ0) is 4.83. The minimum absolute atomic E-state index is 0.338. The summed E-state index contributed by atoms with van der Waals surface area (Å²) in [5, 5.41) is 0. The summed E-state index contributed by atoms with van der Waals surface area (Å²) in [6, 6.07) is 0. The zero-order valence-corrected chi connectivity index (χ0v) is 2.89. The highest BCUT2D eigenvalue weighted by molar-refractivity contribution is 5.53. The first-order chi connectivity index (χ1) is 2.91. The molecule has 1 radical (unpaired) electrons. The molecule has 0 heterocycles. The predicted octanol–water partition coefficient (Wildman–Crippen LogP) is -1.70. The van der Waals surface area contributed by atoms with Crippen molar-refractivity contribution >= 4 is 12.8 Å². The molecule has 0 spiro atoms. The fourth-order valence-corrected chi connectivity index (χ4v) is 0.0589. The molecule has 0 aliphatic rings. The summed E-state index contributed by atoms with van der Waals surface area (Å²) in [4.78, 5) is 18.3. The van der Waals surface area contributed by atoms with E-state index in [-0.39, 0.29) is 0 Å². The van der Waals surface area contributed by atoms with Crippen molar-refractivity contribution in [2.24, 2.45) is 0 Å². The van der Waals surface area contributed by atoms with Gasteiger partial charge >= 0.3 is 6.41 Å². The third-order valence-corrected chi connectivity index (χ3v) is 0.182. The number of hydrogen-bond acceptors (Lipinski definition) is 2. The number of amides is 2. The van der Waals surface area contributed by atoms with Gasteiger partial charge in [-0.2, -0.15) is 0 Å². The maximum absolute atomic E-state index is 9.21. The van der Waals surface area contributed by atoms with Crippen molar-refractivity contribution in [1.82, 2.24) is 10.9 Å². The third kappa shape index (κ3) is 2.94. The number of nitrogens with one attached hydrogen (secondary N) is 2. The van der Waals surface area contributed by atoms with Gasteiger partial charge in [0.05, 0.1) is 0 Å². The van der Waals surface area contributed by atoms with Crippen LogP contribution in [0.2, 0.25) is 0 Å². The first kappa shape index (κ1) is 4.94. The second-order valence-electron chi connectivity index (χ2n) is 0.489. The van der Waals surface area contributed by atoms with Gasteiger partial charge in [0.15, 0.2) is 0 Å². The Morgan fingerprint density at radius 2 is 2.33 bits per heavy atom. The lowest BCUT2D eigenvalue weighted by Crippen LogP contribution is -2.28. The summed E-state index contributed by atoms with van der Waals surface area (Å²) in [6.07, 6.45) is 1.56. The normalized spacial score (nSPS) is 6.00. The van der Waals surface area contributed by atoms with Gasteiger partial charge in [-0.25, -0.2) is 0 Å². The van der Waals surface area contributed by atoms with Crippen LogP contribution in [-0.4, -0.2) is 12.8 Å². The van der Waals surface area contributed by atoms with Gasteiger partial charge in [-0.15, -0.1) is 0 Å². The molecule has 6 heavy (non-hydrogen) atoms. The van der Waals surface area contributed by atoms with Gasteiger partial charge in [-0.1, -0.05) is 0 Å². The third-order valence-electron chi connectivity index (χ3n) is 0.182. The van der Waals surface area contributed by atoms with Crippen LogP contribution in [0.4, 0.5) is 0 Å². The van der Waals surface area contributed by atoms with Gasteiger partial charge < -0.3 is 0 Å². The number of hydrazine groups is 1. The molecule has 0 saturated heterocycles. The van der Waals surface area contributed by atoms with Crippen molar-refractivity contribution in [3.63, 3.8) is 0 Å². The highest BCUT2D eigenvalue weighted by Crippen LogP contribution is 1.20. The minimum atomic E-state index is 0.338. The van der Waals surface area contributed by atoms with Crippen LogP contribution in [0.15, 0.2) is 0 Å². The molecular formula is C2H3N2O2. The van der Waals surface area contributed by atoms with Gasteiger partial charge in [0.1, 0.15) is 0 Å². The summed E-state index contributed by atoms with van der Waals surface area (Å²) in [5.41, 5.74) is 3.62. The van der Waals surface area contributed by atoms with Crippen LogP contribution < -0.4 is 10.9 Å². The molecule has 0 aliphatic heterocycles. The maximum atomic E-state index is 9.21. The number of hydrogen-bond donors (Lipinski definition) is 2. The van der Waals surface area contributed by atoms with E-state index in [0.29, 0.717) is 6.41 Å². The molecule has 0 aromatic rings. The highest BCUT2D eigenvalue weighted by Gasteiger charge is 1.65. The van der Waals surface area contributed by atoms with Crippen LogP contribution in [0.3, 0.4) is 0 Å². The quantitative estimate of drug-likeness (QED) is 0.187. The van der Waals surface area contributed by atoms with E-state index >= 15 is 0 Å². The molecule has 0 atom stereocenters. The summed E-state index contributed by atoms with van der Waals surface area (Å²) in [6.45, 7) is 0. The first-order valence-electron chi connectivity index (χ1n) is 1.23. The Balaban J connectivity index is 2.66. The minimum Gasteiger partial charge on any atom is -0.277 e. The molecule has 0 unspecified atom stereocenters. The van der Waals surface area contributed by atoms with E-state index in [1.54, 1.807) is 5.43 Å². The van der Waals surface area contributed by atoms with E-state index in [1.807, 2.05) is 5.43 Å².